The zero-order valence-corrected chi connectivity index (χ0v) is 11.8. The molecule has 0 radical (unpaired) electrons. The lowest BCUT2D eigenvalue weighted by molar-refractivity contribution is 0.607. The van der Waals surface area contributed by atoms with Gasteiger partial charge >= 0.3 is 0 Å². The summed E-state index contributed by atoms with van der Waals surface area (Å²) in [5, 5.41) is 3.19. The molecule has 0 fully saturated rings. The molecule has 0 bridgehead atoms. The molecule has 0 spiro atoms. The van der Waals surface area contributed by atoms with E-state index in [4.69, 9.17) is 0 Å². The minimum absolute atomic E-state index is 0.201. The van der Waals surface area contributed by atoms with E-state index in [-0.39, 0.29) is 5.82 Å². The maximum Gasteiger partial charge on any atom is 0.149 e. The van der Waals surface area contributed by atoms with E-state index in [2.05, 4.69) is 22.2 Å². The number of rotatable bonds is 6. The largest absolute Gasteiger partial charge is 0.369 e. The van der Waals surface area contributed by atoms with Crippen LogP contribution in [-0.4, -0.2) is 23.6 Å². The van der Waals surface area contributed by atoms with E-state index in [1.807, 2.05) is 18.0 Å². The van der Waals surface area contributed by atoms with Crippen molar-refractivity contribution >= 4 is 11.6 Å². The normalized spacial score (nSPS) is 10.3. The van der Waals surface area contributed by atoms with Crippen LogP contribution in [0.2, 0.25) is 0 Å². The van der Waals surface area contributed by atoms with Gasteiger partial charge in [-0.1, -0.05) is 25.1 Å². The van der Waals surface area contributed by atoms with Gasteiger partial charge in [0.1, 0.15) is 17.5 Å². The first-order chi connectivity index (χ1) is 9.70. The fourth-order valence-corrected chi connectivity index (χ4v) is 1.84. The average molecular weight is 274 g/mol. The Kier molecular flexibility index (Phi) is 4.87. The van der Waals surface area contributed by atoms with Gasteiger partial charge in [-0.05, 0) is 12.5 Å². The Morgan fingerprint density at radius 3 is 2.80 bits per heavy atom. The highest BCUT2D eigenvalue weighted by molar-refractivity contribution is 5.43. The van der Waals surface area contributed by atoms with Crippen LogP contribution >= 0.6 is 0 Å². The smallest absolute Gasteiger partial charge is 0.149 e. The molecule has 0 atom stereocenters. The van der Waals surface area contributed by atoms with Crippen LogP contribution in [-0.2, 0) is 6.54 Å². The second-order valence-corrected chi connectivity index (χ2v) is 4.64. The van der Waals surface area contributed by atoms with Crippen molar-refractivity contribution in [3.8, 4) is 0 Å². The molecule has 1 N–H and O–H groups in total. The number of benzene rings is 1. The van der Waals surface area contributed by atoms with Crippen molar-refractivity contribution in [1.29, 1.82) is 0 Å². The summed E-state index contributed by atoms with van der Waals surface area (Å²) >= 11 is 0. The Bertz CT molecular complexity index is 559. The zero-order chi connectivity index (χ0) is 14.4. The molecular formula is C15H19FN4. The molecule has 2 aromatic rings. The highest BCUT2D eigenvalue weighted by Gasteiger charge is 2.08. The van der Waals surface area contributed by atoms with Crippen LogP contribution in [0.3, 0.4) is 0 Å². The molecule has 106 valence electrons. The van der Waals surface area contributed by atoms with Crippen LogP contribution in [0.4, 0.5) is 16.0 Å². The van der Waals surface area contributed by atoms with E-state index in [1.54, 1.807) is 24.5 Å². The van der Waals surface area contributed by atoms with Crippen LogP contribution in [0.15, 0.2) is 36.7 Å². The standard InChI is InChI=1S/C15H19FN4/c1-3-8-18-14-9-17-10-15(19-14)20(2)11-12-6-4-5-7-13(12)16/h4-7,9-10H,3,8,11H2,1-2H3,(H,18,19). The summed E-state index contributed by atoms with van der Waals surface area (Å²) in [5.41, 5.74) is 0.642. The lowest BCUT2D eigenvalue weighted by atomic mass is 10.2. The van der Waals surface area contributed by atoms with Gasteiger partial charge in [0.05, 0.1) is 12.4 Å². The van der Waals surface area contributed by atoms with Crippen LogP contribution in [0.5, 0.6) is 0 Å². The molecule has 1 aromatic heterocycles. The molecule has 0 unspecified atom stereocenters. The van der Waals surface area contributed by atoms with E-state index in [9.17, 15) is 4.39 Å². The van der Waals surface area contributed by atoms with E-state index >= 15 is 0 Å². The maximum absolute atomic E-state index is 13.6. The minimum atomic E-state index is -0.201. The summed E-state index contributed by atoms with van der Waals surface area (Å²) in [6.45, 7) is 3.41. The van der Waals surface area contributed by atoms with Crippen LogP contribution in [0.25, 0.3) is 0 Å². The van der Waals surface area contributed by atoms with Gasteiger partial charge in [0.2, 0.25) is 0 Å². The summed E-state index contributed by atoms with van der Waals surface area (Å²) in [6.07, 6.45) is 4.39. The molecule has 0 saturated heterocycles. The van der Waals surface area contributed by atoms with Gasteiger partial charge in [-0.25, -0.2) is 9.37 Å². The van der Waals surface area contributed by atoms with Crippen molar-refractivity contribution in [3.05, 3.63) is 48.0 Å². The molecule has 4 nitrogen and oxygen atoms in total. The molecule has 0 aliphatic heterocycles. The summed E-state index contributed by atoms with van der Waals surface area (Å²) in [5.74, 6) is 1.26. The van der Waals surface area contributed by atoms with Crippen molar-refractivity contribution in [1.82, 2.24) is 9.97 Å². The summed E-state index contributed by atoms with van der Waals surface area (Å²) in [4.78, 5) is 10.5. The van der Waals surface area contributed by atoms with Crippen molar-refractivity contribution in [3.63, 3.8) is 0 Å². The molecule has 0 amide bonds. The number of hydrogen-bond donors (Lipinski definition) is 1. The number of aromatic nitrogens is 2. The Morgan fingerprint density at radius 1 is 1.25 bits per heavy atom. The van der Waals surface area contributed by atoms with Crippen molar-refractivity contribution in [2.24, 2.45) is 0 Å². The van der Waals surface area contributed by atoms with Crippen LogP contribution in [0, 0.1) is 5.82 Å². The third kappa shape index (κ3) is 3.66. The third-order valence-electron chi connectivity index (χ3n) is 2.93. The highest BCUT2D eigenvalue weighted by atomic mass is 19.1. The molecule has 20 heavy (non-hydrogen) atoms. The molecule has 2 rings (SSSR count). The summed E-state index contributed by atoms with van der Waals surface area (Å²) in [6, 6.07) is 6.76. The Morgan fingerprint density at radius 2 is 2.05 bits per heavy atom. The Balaban J connectivity index is 2.09. The number of hydrogen-bond acceptors (Lipinski definition) is 4. The highest BCUT2D eigenvalue weighted by Crippen LogP contribution is 2.15. The first-order valence-corrected chi connectivity index (χ1v) is 6.71. The van der Waals surface area contributed by atoms with E-state index in [1.165, 1.54) is 6.07 Å². The molecule has 0 saturated carbocycles. The monoisotopic (exact) mass is 274 g/mol. The van der Waals surface area contributed by atoms with Crippen molar-refractivity contribution < 1.29 is 4.39 Å². The fraction of sp³-hybridized carbons (Fsp3) is 0.333. The summed E-state index contributed by atoms with van der Waals surface area (Å²) < 4.78 is 13.6. The lowest BCUT2D eigenvalue weighted by Crippen LogP contribution is -2.19. The van der Waals surface area contributed by atoms with E-state index in [0.717, 1.165) is 18.8 Å². The molecule has 1 heterocycles. The molecule has 0 aliphatic rings. The lowest BCUT2D eigenvalue weighted by Gasteiger charge is -2.19. The third-order valence-corrected chi connectivity index (χ3v) is 2.93. The maximum atomic E-state index is 13.6. The molecular weight excluding hydrogens is 255 g/mol. The molecule has 0 aliphatic carbocycles. The SMILES string of the molecule is CCCNc1cncc(N(C)Cc2ccccc2F)n1. The Labute approximate surface area is 118 Å². The number of anilines is 2. The van der Waals surface area contributed by atoms with Gasteiger partial charge < -0.3 is 10.2 Å². The average Bonchev–Trinajstić information content (AvgIpc) is 2.48. The first kappa shape index (κ1) is 14.2. The van der Waals surface area contributed by atoms with Gasteiger partial charge in [-0.15, -0.1) is 0 Å². The fourth-order valence-electron chi connectivity index (χ4n) is 1.84. The predicted molar refractivity (Wildman–Crippen MR) is 79.3 cm³/mol. The van der Waals surface area contributed by atoms with Gasteiger partial charge in [0.15, 0.2) is 0 Å². The number of halogens is 1. The Hall–Kier alpha value is -2.17. The van der Waals surface area contributed by atoms with Crippen LogP contribution < -0.4 is 10.2 Å². The number of nitrogens with one attached hydrogen (secondary N) is 1. The van der Waals surface area contributed by atoms with Gasteiger partial charge in [-0.3, -0.25) is 4.98 Å². The second-order valence-electron chi connectivity index (χ2n) is 4.64. The number of nitrogens with zero attached hydrogens (tertiary/aromatic N) is 3. The summed E-state index contributed by atoms with van der Waals surface area (Å²) in [7, 11) is 1.88. The van der Waals surface area contributed by atoms with E-state index < -0.39 is 0 Å². The van der Waals surface area contributed by atoms with Crippen molar-refractivity contribution in [2.45, 2.75) is 19.9 Å². The predicted octanol–water partition coefficient (Wildman–Crippen LogP) is 3.07. The van der Waals surface area contributed by atoms with Crippen LogP contribution in [0.1, 0.15) is 18.9 Å². The second kappa shape index (κ2) is 6.84. The van der Waals surface area contributed by atoms with Gasteiger partial charge in [0, 0.05) is 25.7 Å². The van der Waals surface area contributed by atoms with Gasteiger partial charge in [-0.2, -0.15) is 0 Å². The minimum Gasteiger partial charge on any atom is -0.369 e. The first-order valence-electron chi connectivity index (χ1n) is 6.71. The molecule has 5 heteroatoms. The quantitative estimate of drug-likeness (QED) is 0.879. The van der Waals surface area contributed by atoms with E-state index in [0.29, 0.717) is 17.9 Å². The van der Waals surface area contributed by atoms with Gasteiger partial charge in [0.25, 0.3) is 0 Å². The van der Waals surface area contributed by atoms with Crippen molar-refractivity contribution in [2.75, 3.05) is 23.8 Å². The molecule has 1 aromatic carbocycles. The zero-order valence-electron chi connectivity index (χ0n) is 11.8. The topological polar surface area (TPSA) is 41.1 Å².